The van der Waals surface area contributed by atoms with Gasteiger partial charge >= 0.3 is 0 Å². The molecule has 1 saturated carbocycles. The molecule has 0 unspecified atom stereocenters. The Morgan fingerprint density at radius 1 is 1.22 bits per heavy atom. The van der Waals surface area contributed by atoms with Crippen molar-refractivity contribution in [3.05, 3.63) is 59.7 Å². The van der Waals surface area contributed by atoms with Crippen molar-refractivity contribution in [3.8, 4) is 11.4 Å². The molecule has 0 saturated heterocycles. The second-order valence-corrected chi connectivity index (χ2v) is 7.66. The van der Waals surface area contributed by atoms with Gasteiger partial charge < -0.3 is 9.88 Å². The number of carbonyl (C=O) groups is 1. The van der Waals surface area contributed by atoms with Gasteiger partial charge in [0.1, 0.15) is 11.5 Å². The van der Waals surface area contributed by atoms with Crippen molar-refractivity contribution < 1.29 is 4.79 Å². The smallest absolute Gasteiger partial charge is 0.269 e. The van der Waals surface area contributed by atoms with Gasteiger partial charge in [0.15, 0.2) is 0 Å². The molecule has 1 N–H and O–H groups in total. The highest BCUT2D eigenvalue weighted by atomic mass is 16.2. The SMILES string of the molecule is Cc1cc(C)n(CC2(CNC(=O)c3cnc(-c4ccccc4)n3C)CC2)n1. The average molecular weight is 363 g/mol. The molecule has 1 aromatic carbocycles. The molecule has 1 fully saturated rings. The number of aromatic nitrogens is 4. The van der Waals surface area contributed by atoms with Gasteiger partial charge in [0, 0.05) is 36.8 Å². The van der Waals surface area contributed by atoms with Crippen LogP contribution >= 0.6 is 0 Å². The maximum absolute atomic E-state index is 12.7. The first-order valence-corrected chi connectivity index (χ1v) is 9.34. The first-order valence-electron chi connectivity index (χ1n) is 9.34. The lowest BCUT2D eigenvalue weighted by molar-refractivity contribution is 0.0934. The van der Waals surface area contributed by atoms with Gasteiger partial charge in [-0.1, -0.05) is 30.3 Å². The first-order chi connectivity index (χ1) is 13.0. The molecule has 2 aromatic heterocycles. The third-order valence-corrected chi connectivity index (χ3v) is 5.42. The Hall–Kier alpha value is -2.89. The van der Waals surface area contributed by atoms with Gasteiger partial charge in [-0.25, -0.2) is 4.98 Å². The van der Waals surface area contributed by atoms with Crippen molar-refractivity contribution in [1.29, 1.82) is 0 Å². The summed E-state index contributed by atoms with van der Waals surface area (Å²) in [5.41, 5.74) is 3.91. The molecule has 3 aromatic rings. The number of benzene rings is 1. The van der Waals surface area contributed by atoms with Crippen LogP contribution in [0.15, 0.2) is 42.6 Å². The van der Waals surface area contributed by atoms with E-state index in [1.54, 1.807) is 6.20 Å². The molecular formula is C21H25N5O. The van der Waals surface area contributed by atoms with Crippen LogP contribution < -0.4 is 5.32 Å². The van der Waals surface area contributed by atoms with Gasteiger partial charge in [-0.15, -0.1) is 0 Å². The Labute approximate surface area is 159 Å². The fourth-order valence-corrected chi connectivity index (χ4v) is 3.55. The minimum Gasteiger partial charge on any atom is -0.350 e. The molecule has 1 amide bonds. The Bertz CT molecular complexity index is 966. The highest BCUT2D eigenvalue weighted by Gasteiger charge is 2.43. The predicted molar refractivity (Wildman–Crippen MR) is 104 cm³/mol. The molecule has 1 aliphatic rings. The van der Waals surface area contributed by atoms with E-state index in [2.05, 4.69) is 33.1 Å². The molecule has 6 heteroatoms. The Morgan fingerprint density at radius 3 is 2.59 bits per heavy atom. The summed E-state index contributed by atoms with van der Waals surface area (Å²) in [5, 5.41) is 7.67. The standard InChI is InChI=1S/C21H25N5O/c1-15-11-16(2)26(24-15)14-21(9-10-21)13-23-20(27)18-12-22-19(25(18)3)17-7-5-4-6-8-17/h4-8,11-12H,9-10,13-14H2,1-3H3,(H,23,27). The fraction of sp³-hybridized carbons (Fsp3) is 0.381. The summed E-state index contributed by atoms with van der Waals surface area (Å²) >= 11 is 0. The zero-order chi connectivity index (χ0) is 19.0. The van der Waals surface area contributed by atoms with E-state index in [0.29, 0.717) is 12.2 Å². The van der Waals surface area contributed by atoms with Crippen LogP contribution in [0.25, 0.3) is 11.4 Å². The first kappa shape index (κ1) is 17.5. The minimum absolute atomic E-state index is 0.0770. The topological polar surface area (TPSA) is 64.7 Å². The van der Waals surface area contributed by atoms with Crippen LogP contribution in [0.1, 0.15) is 34.7 Å². The summed E-state index contributed by atoms with van der Waals surface area (Å²) in [6, 6.07) is 12.0. The molecule has 140 valence electrons. The van der Waals surface area contributed by atoms with Crippen molar-refractivity contribution >= 4 is 5.91 Å². The molecule has 0 bridgehead atoms. The molecule has 0 aliphatic heterocycles. The Kier molecular flexibility index (Phi) is 4.34. The van der Waals surface area contributed by atoms with Crippen molar-refractivity contribution in [2.45, 2.75) is 33.2 Å². The van der Waals surface area contributed by atoms with Gasteiger partial charge in [0.05, 0.1) is 11.9 Å². The second kappa shape index (κ2) is 6.68. The van der Waals surface area contributed by atoms with Crippen molar-refractivity contribution in [2.24, 2.45) is 12.5 Å². The molecule has 0 radical (unpaired) electrons. The second-order valence-electron chi connectivity index (χ2n) is 7.66. The molecule has 2 heterocycles. The quantitative estimate of drug-likeness (QED) is 0.732. The van der Waals surface area contributed by atoms with Crippen LogP contribution in [0.2, 0.25) is 0 Å². The van der Waals surface area contributed by atoms with Crippen LogP contribution in [-0.4, -0.2) is 31.8 Å². The number of imidazole rings is 1. The van der Waals surface area contributed by atoms with Gasteiger partial charge in [-0.3, -0.25) is 9.48 Å². The van der Waals surface area contributed by atoms with Crippen molar-refractivity contribution in [3.63, 3.8) is 0 Å². The third-order valence-electron chi connectivity index (χ3n) is 5.42. The molecule has 27 heavy (non-hydrogen) atoms. The third kappa shape index (κ3) is 3.52. The Morgan fingerprint density at radius 2 is 1.96 bits per heavy atom. The number of amides is 1. The number of nitrogens with zero attached hydrogens (tertiary/aromatic N) is 4. The highest BCUT2D eigenvalue weighted by molar-refractivity contribution is 5.93. The van der Waals surface area contributed by atoms with E-state index in [4.69, 9.17) is 0 Å². The fourth-order valence-electron chi connectivity index (χ4n) is 3.55. The lowest BCUT2D eigenvalue weighted by atomic mass is 10.1. The Balaban J connectivity index is 1.43. The van der Waals surface area contributed by atoms with Crippen LogP contribution in [0.3, 0.4) is 0 Å². The zero-order valence-electron chi connectivity index (χ0n) is 16.1. The lowest BCUT2D eigenvalue weighted by Crippen LogP contribution is -2.33. The average Bonchev–Trinajstić information content (AvgIpc) is 3.20. The number of nitrogens with one attached hydrogen (secondary N) is 1. The molecule has 4 rings (SSSR count). The van der Waals surface area contributed by atoms with E-state index in [9.17, 15) is 4.79 Å². The van der Waals surface area contributed by atoms with E-state index >= 15 is 0 Å². The van der Waals surface area contributed by atoms with Crippen molar-refractivity contribution in [1.82, 2.24) is 24.6 Å². The van der Waals surface area contributed by atoms with Gasteiger partial charge in [-0.2, -0.15) is 5.10 Å². The molecular weight excluding hydrogens is 338 g/mol. The number of hydrogen-bond donors (Lipinski definition) is 1. The highest BCUT2D eigenvalue weighted by Crippen LogP contribution is 2.46. The summed E-state index contributed by atoms with van der Waals surface area (Å²) < 4.78 is 3.91. The molecule has 6 nitrogen and oxygen atoms in total. The maximum Gasteiger partial charge on any atom is 0.269 e. The lowest BCUT2D eigenvalue weighted by Gasteiger charge is -2.17. The number of hydrogen-bond acceptors (Lipinski definition) is 3. The predicted octanol–water partition coefficient (Wildman–Crippen LogP) is 3.11. The maximum atomic E-state index is 12.7. The van der Waals surface area contributed by atoms with E-state index in [-0.39, 0.29) is 11.3 Å². The largest absolute Gasteiger partial charge is 0.350 e. The molecule has 0 atom stereocenters. The van der Waals surface area contributed by atoms with Gasteiger partial charge in [0.25, 0.3) is 5.91 Å². The van der Waals surface area contributed by atoms with E-state index < -0.39 is 0 Å². The van der Waals surface area contributed by atoms with E-state index in [1.807, 2.05) is 48.9 Å². The molecule has 1 aliphatic carbocycles. The van der Waals surface area contributed by atoms with Gasteiger partial charge in [0.2, 0.25) is 0 Å². The van der Waals surface area contributed by atoms with Crippen LogP contribution in [0, 0.1) is 19.3 Å². The summed E-state index contributed by atoms with van der Waals surface area (Å²) in [5.74, 6) is 0.719. The summed E-state index contributed by atoms with van der Waals surface area (Å²) in [4.78, 5) is 17.2. The van der Waals surface area contributed by atoms with Crippen molar-refractivity contribution in [2.75, 3.05) is 6.54 Å². The summed E-state index contributed by atoms with van der Waals surface area (Å²) in [6.07, 6.45) is 3.89. The minimum atomic E-state index is -0.0770. The van der Waals surface area contributed by atoms with E-state index in [1.165, 1.54) is 5.69 Å². The summed E-state index contributed by atoms with van der Waals surface area (Å²) in [6.45, 7) is 5.61. The van der Waals surface area contributed by atoms with Gasteiger partial charge in [-0.05, 0) is 32.8 Å². The number of rotatable bonds is 6. The van der Waals surface area contributed by atoms with Crippen LogP contribution in [-0.2, 0) is 13.6 Å². The zero-order valence-corrected chi connectivity index (χ0v) is 16.1. The van der Waals surface area contributed by atoms with E-state index in [0.717, 1.165) is 36.5 Å². The number of carbonyl (C=O) groups excluding carboxylic acids is 1. The van der Waals surface area contributed by atoms with Crippen LogP contribution in [0.4, 0.5) is 0 Å². The normalized spacial score (nSPS) is 14.9. The molecule has 0 spiro atoms. The number of aryl methyl sites for hydroxylation is 2. The monoisotopic (exact) mass is 363 g/mol. The summed E-state index contributed by atoms with van der Waals surface area (Å²) in [7, 11) is 1.88. The van der Waals surface area contributed by atoms with Crippen LogP contribution in [0.5, 0.6) is 0 Å².